The average Bonchev–Trinajstić information content (AvgIpc) is 2.39. The maximum absolute atomic E-state index is 3.98. The standard InChI is InChI=1S/C18H20/c1-5-15-12-11-14(4)16(6-2)18(15)17-10-8-7-9-13(17)3/h6-12H,2,5H2,1,3-4H3. The topological polar surface area (TPSA) is 0 Å². The molecule has 0 fully saturated rings. The summed E-state index contributed by atoms with van der Waals surface area (Å²) in [5.41, 5.74) is 7.95. The second-order valence-corrected chi connectivity index (χ2v) is 4.70. The van der Waals surface area contributed by atoms with E-state index in [4.69, 9.17) is 0 Å². The zero-order valence-electron chi connectivity index (χ0n) is 11.5. The summed E-state index contributed by atoms with van der Waals surface area (Å²) in [5.74, 6) is 0. The van der Waals surface area contributed by atoms with Crippen LogP contribution in [0.15, 0.2) is 43.0 Å². The molecule has 0 amide bonds. The van der Waals surface area contributed by atoms with Gasteiger partial charge in [-0.3, -0.25) is 0 Å². The summed E-state index contributed by atoms with van der Waals surface area (Å²) in [6, 6.07) is 13.0. The lowest BCUT2D eigenvalue weighted by atomic mass is 9.88. The monoisotopic (exact) mass is 236 g/mol. The maximum Gasteiger partial charge on any atom is -0.00743 e. The maximum atomic E-state index is 3.98. The van der Waals surface area contributed by atoms with E-state index in [-0.39, 0.29) is 0 Å². The molecule has 0 aliphatic heterocycles. The van der Waals surface area contributed by atoms with Gasteiger partial charge in [-0.2, -0.15) is 0 Å². The Labute approximate surface area is 110 Å². The summed E-state index contributed by atoms with van der Waals surface area (Å²) in [4.78, 5) is 0. The molecule has 2 aromatic rings. The Hall–Kier alpha value is -1.82. The van der Waals surface area contributed by atoms with Gasteiger partial charge in [-0.25, -0.2) is 0 Å². The van der Waals surface area contributed by atoms with Gasteiger partial charge in [0.2, 0.25) is 0 Å². The van der Waals surface area contributed by atoms with Crippen molar-refractivity contribution in [3.8, 4) is 11.1 Å². The van der Waals surface area contributed by atoms with Crippen molar-refractivity contribution in [2.75, 3.05) is 0 Å². The molecule has 2 aromatic carbocycles. The molecular weight excluding hydrogens is 216 g/mol. The van der Waals surface area contributed by atoms with Crippen molar-refractivity contribution < 1.29 is 0 Å². The second-order valence-electron chi connectivity index (χ2n) is 4.70. The van der Waals surface area contributed by atoms with Crippen molar-refractivity contribution in [1.29, 1.82) is 0 Å². The van der Waals surface area contributed by atoms with Gasteiger partial charge in [-0.05, 0) is 53.6 Å². The fraction of sp³-hybridized carbons (Fsp3) is 0.222. The minimum atomic E-state index is 1.05. The molecular formula is C18H20. The third-order valence-electron chi connectivity index (χ3n) is 3.55. The minimum Gasteiger partial charge on any atom is -0.0984 e. The molecule has 0 aliphatic carbocycles. The Morgan fingerprint density at radius 2 is 1.72 bits per heavy atom. The van der Waals surface area contributed by atoms with Crippen LogP contribution in [0, 0.1) is 13.8 Å². The lowest BCUT2D eigenvalue weighted by Gasteiger charge is -2.16. The van der Waals surface area contributed by atoms with Crippen LogP contribution in [0.4, 0.5) is 0 Å². The molecule has 0 saturated heterocycles. The third-order valence-corrected chi connectivity index (χ3v) is 3.55. The van der Waals surface area contributed by atoms with Crippen LogP contribution in [0.2, 0.25) is 0 Å². The van der Waals surface area contributed by atoms with Gasteiger partial charge in [0.1, 0.15) is 0 Å². The molecule has 0 atom stereocenters. The quantitative estimate of drug-likeness (QED) is 0.689. The summed E-state index contributed by atoms with van der Waals surface area (Å²) in [5, 5.41) is 0. The molecule has 0 bridgehead atoms. The molecule has 0 unspecified atom stereocenters. The Morgan fingerprint density at radius 3 is 2.33 bits per heavy atom. The van der Waals surface area contributed by atoms with Gasteiger partial charge >= 0.3 is 0 Å². The molecule has 2 rings (SSSR count). The summed E-state index contributed by atoms with van der Waals surface area (Å²) >= 11 is 0. The van der Waals surface area contributed by atoms with Crippen molar-refractivity contribution in [2.24, 2.45) is 0 Å². The smallest absolute Gasteiger partial charge is 0.00743 e. The van der Waals surface area contributed by atoms with E-state index >= 15 is 0 Å². The van der Waals surface area contributed by atoms with E-state index in [0.717, 1.165) is 6.42 Å². The number of rotatable bonds is 3. The van der Waals surface area contributed by atoms with E-state index in [2.05, 4.69) is 63.7 Å². The van der Waals surface area contributed by atoms with Gasteiger partial charge in [0.25, 0.3) is 0 Å². The van der Waals surface area contributed by atoms with E-state index in [1.807, 2.05) is 6.08 Å². The van der Waals surface area contributed by atoms with Gasteiger partial charge in [0.05, 0.1) is 0 Å². The number of hydrogen-bond acceptors (Lipinski definition) is 0. The number of aryl methyl sites for hydroxylation is 3. The first-order valence-electron chi connectivity index (χ1n) is 6.50. The Morgan fingerprint density at radius 1 is 1.00 bits per heavy atom. The first kappa shape index (κ1) is 12.6. The van der Waals surface area contributed by atoms with Crippen molar-refractivity contribution >= 4 is 6.08 Å². The summed E-state index contributed by atoms with van der Waals surface area (Å²) in [7, 11) is 0. The van der Waals surface area contributed by atoms with Crippen LogP contribution in [0.5, 0.6) is 0 Å². The lowest BCUT2D eigenvalue weighted by molar-refractivity contribution is 1.13. The fourth-order valence-electron chi connectivity index (χ4n) is 2.50. The molecule has 0 radical (unpaired) electrons. The van der Waals surface area contributed by atoms with Gasteiger partial charge in [0.15, 0.2) is 0 Å². The zero-order chi connectivity index (χ0) is 13.1. The fourth-order valence-corrected chi connectivity index (χ4v) is 2.50. The van der Waals surface area contributed by atoms with Crippen molar-refractivity contribution in [3.63, 3.8) is 0 Å². The van der Waals surface area contributed by atoms with E-state index in [1.54, 1.807) is 0 Å². The molecule has 92 valence electrons. The minimum absolute atomic E-state index is 1.05. The molecule has 0 nitrogen and oxygen atoms in total. The highest BCUT2D eigenvalue weighted by Gasteiger charge is 2.11. The van der Waals surface area contributed by atoms with Crippen LogP contribution < -0.4 is 0 Å². The Bertz CT molecular complexity index is 577. The van der Waals surface area contributed by atoms with Crippen molar-refractivity contribution in [2.45, 2.75) is 27.2 Å². The van der Waals surface area contributed by atoms with Crippen LogP contribution in [-0.2, 0) is 6.42 Å². The number of benzene rings is 2. The molecule has 0 spiro atoms. The molecule has 0 heterocycles. The predicted octanol–water partition coefficient (Wildman–Crippen LogP) is 5.18. The predicted molar refractivity (Wildman–Crippen MR) is 80.8 cm³/mol. The van der Waals surface area contributed by atoms with Crippen LogP contribution in [0.1, 0.15) is 29.2 Å². The molecule has 0 saturated carbocycles. The SMILES string of the molecule is C=Cc1c(C)ccc(CC)c1-c1ccccc1C. The number of hydrogen-bond donors (Lipinski definition) is 0. The van der Waals surface area contributed by atoms with Crippen molar-refractivity contribution in [1.82, 2.24) is 0 Å². The van der Waals surface area contributed by atoms with Gasteiger partial charge in [0, 0.05) is 0 Å². The summed E-state index contributed by atoms with van der Waals surface area (Å²) < 4.78 is 0. The van der Waals surface area contributed by atoms with Crippen molar-refractivity contribution in [3.05, 3.63) is 65.2 Å². The summed E-state index contributed by atoms with van der Waals surface area (Å²) in [6.07, 6.45) is 3.03. The van der Waals surface area contributed by atoms with Crippen LogP contribution in [0.25, 0.3) is 17.2 Å². The lowest BCUT2D eigenvalue weighted by Crippen LogP contribution is -1.96. The van der Waals surface area contributed by atoms with Gasteiger partial charge in [-0.15, -0.1) is 0 Å². The average molecular weight is 236 g/mol. The van der Waals surface area contributed by atoms with E-state index in [9.17, 15) is 0 Å². The third kappa shape index (κ3) is 2.11. The first-order valence-corrected chi connectivity index (χ1v) is 6.50. The van der Waals surface area contributed by atoms with Crippen LogP contribution in [0.3, 0.4) is 0 Å². The van der Waals surface area contributed by atoms with Gasteiger partial charge < -0.3 is 0 Å². The van der Waals surface area contributed by atoms with E-state index in [0.29, 0.717) is 0 Å². The second kappa shape index (κ2) is 5.22. The zero-order valence-corrected chi connectivity index (χ0v) is 11.5. The normalized spacial score (nSPS) is 10.4. The van der Waals surface area contributed by atoms with Gasteiger partial charge in [-0.1, -0.05) is 56.0 Å². The summed E-state index contributed by atoms with van der Waals surface area (Å²) in [6.45, 7) is 10.5. The largest absolute Gasteiger partial charge is 0.0984 e. The molecule has 18 heavy (non-hydrogen) atoms. The van der Waals surface area contributed by atoms with E-state index < -0.39 is 0 Å². The van der Waals surface area contributed by atoms with E-state index in [1.165, 1.54) is 33.4 Å². The molecule has 0 N–H and O–H groups in total. The van der Waals surface area contributed by atoms with Crippen LogP contribution >= 0.6 is 0 Å². The Kier molecular flexibility index (Phi) is 3.66. The highest BCUT2D eigenvalue weighted by Crippen LogP contribution is 2.33. The van der Waals surface area contributed by atoms with Crippen LogP contribution in [-0.4, -0.2) is 0 Å². The molecule has 0 aliphatic rings. The highest BCUT2D eigenvalue weighted by molar-refractivity contribution is 5.81. The molecule has 0 aromatic heterocycles. The molecule has 0 heteroatoms. The Balaban J connectivity index is 2.80. The highest BCUT2D eigenvalue weighted by atomic mass is 14.2. The first-order chi connectivity index (χ1) is 8.69.